The standard InChI is InChI=1S/C12H15F2NO/c1-12(7-16-8-12)6-15-5-9-2-3-10(13)4-11(9)14/h2-4,15H,5-8H2,1H3. The highest BCUT2D eigenvalue weighted by molar-refractivity contribution is 5.18. The summed E-state index contributed by atoms with van der Waals surface area (Å²) in [5.74, 6) is -1.04. The quantitative estimate of drug-likeness (QED) is 0.850. The number of hydrogen-bond acceptors (Lipinski definition) is 2. The summed E-state index contributed by atoms with van der Waals surface area (Å²) >= 11 is 0. The van der Waals surface area contributed by atoms with Crippen molar-refractivity contribution in [3.63, 3.8) is 0 Å². The first kappa shape index (κ1) is 11.5. The highest BCUT2D eigenvalue weighted by atomic mass is 19.1. The third-order valence-corrected chi connectivity index (χ3v) is 2.78. The van der Waals surface area contributed by atoms with E-state index in [1.807, 2.05) is 0 Å². The van der Waals surface area contributed by atoms with Crippen molar-refractivity contribution in [1.29, 1.82) is 0 Å². The lowest BCUT2D eigenvalue weighted by molar-refractivity contribution is -0.0991. The largest absolute Gasteiger partial charge is 0.380 e. The van der Waals surface area contributed by atoms with E-state index in [4.69, 9.17) is 4.74 Å². The maximum Gasteiger partial charge on any atom is 0.130 e. The molecule has 1 aromatic carbocycles. The summed E-state index contributed by atoms with van der Waals surface area (Å²) in [6.07, 6.45) is 0. The predicted octanol–water partition coefficient (Wildman–Crippen LogP) is 2.09. The van der Waals surface area contributed by atoms with Crippen LogP contribution in [0, 0.1) is 17.0 Å². The second-order valence-corrected chi connectivity index (χ2v) is 4.64. The molecule has 1 aliphatic heterocycles. The highest BCUT2D eigenvalue weighted by Gasteiger charge is 2.32. The Morgan fingerprint density at radius 1 is 1.38 bits per heavy atom. The van der Waals surface area contributed by atoms with Crippen molar-refractivity contribution in [1.82, 2.24) is 5.32 Å². The minimum absolute atomic E-state index is 0.163. The van der Waals surface area contributed by atoms with Gasteiger partial charge in [-0.3, -0.25) is 0 Å². The summed E-state index contributed by atoms with van der Waals surface area (Å²) in [5.41, 5.74) is 0.654. The Bertz CT molecular complexity index is 377. The molecule has 2 nitrogen and oxygen atoms in total. The highest BCUT2D eigenvalue weighted by Crippen LogP contribution is 2.25. The Kier molecular flexibility index (Phi) is 3.21. The maximum absolute atomic E-state index is 13.3. The number of ether oxygens (including phenoxy) is 1. The first-order valence-electron chi connectivity index (χ1n) is 5.31. The zero-order valence-electron chi connectivity index (χ0n) is 9.22. The van der Waals surface area contributed by atoms with E-state index >= 15 is 0 Å². The average molecular weight is 227 g/mol. The van der Waals surface area contributed by atoms with Crippen molar-refractivity contribution in [2.75, 3.05) is 19.8 Å². The molecule has 0 bridgehead atoms. The van der Waals surface area contributed by atoms with E-state index in [2.05, 4.69) is 12.2 Å². The van der Waals surface area contributed by atoms with Crippen molar-refractivity contribution < 1.29 is 13.5 Å². The molecular formula is C12H15F2NO. The third kappa shape index (κ3) is 2.57. The van der Waals surface area contributed by atoms with Gasteiger partial charge in [-0.2, -0.15) is 0 Å². The van der Waals surface area contributed by atoms with Crippen LogP contribution < -0.4 is 5.32 Å². The zero-order chi connectivity index (χ0) is 11.6. The van der Waals surface area contributed by atoms with Crippen LogP contribution >= 0.6 is 0 Å². The molecule has 0 unspecified atom stereocenters. The van der Waals surface area contributed by atoms with Crippen LogP contribution in [0.15, 0.2) is 18.2 Å². The van der Waals surface area contributed by atoms with Crippen LogP contribution in [-0.4, -0.2) is 19.8 Å². The molecule has 0 spiro atoms. The molecule has 16 heavy (non-hydrogen) atoms. The van der Waals surface area contributed by atoms with Gasteiger partial charge in [0.05, 0.1) is 13.2 Å². The molecule has 1 aromatic rings. The van der Waals surface area contributed by atoms with Crippen molar-refractivity contribution in [3.05, 3.63) is 35.4 Å². The first-order chi connectivity index (χ1) is 7.59. The summed E-state index contributed by atoms with van der Waals surface area (Å²) in [6.45, 7) is 4.80. The Morgan fingerprint density at radius 2 is 2.12 bits per heavy atom. The second-order valence-electron chi connectivity index (χ2n) is 4.64. The monoisotopic (exact) mass is 227 g/mol. The van der Waals surface area contributed by atoms with Crippen molar-refractivity contribution >= 4 is 0 Å². The number of benzene rings is 1. The van der Waals surface area contributed by atoms with Crippen LogP contribution in [0.3, 0.4) is 0 Å². The average Bonchev–Trinajstić information content (AvgIpc) is 2.19. The van der Waals surface area contributed by atoms with Gasteiger partial charge in [-0.05, 0) is 6.07 Å². The summed E-state index contributed by atoms with van der Waals surface area (Å²) in [4.78, 5) is 0. The van der Waals surface area contributed by atoms with Crippen molar-refractivity contribution in [3.8, 4) is 0 Å². The molecule has 0 amide bonds. The van der Waals surface area contributed by atoms with Gasteiger partial charge in [-0.25, -0.2) is 8.78 Å². The minimum atomic E-state index is -0.541. The molecular weight excluding hydrogens is 212 g/mol. The number of hydrogen-bond donors (Lipinski definition) is 1. The second kappa shape index (κ2) is 4.47. The normalized spacial score (nSPS) is 18.2. The maximum atomic E-state index is 13.3. The smallest absolute Gasteiger partial charge is 0.130 e. The number of nitrogens with one attached hydrogen (secondary N) is 1. The molecule has 0 atom stereocenters. The van der Waals surface area contributed by atoms with Crippen LogP contribution in [0.1, 0.15) is 12.5 Å². The molecule has 1 aliphatic rings. The van der Waals surface area contributed by atoms with Gasteiger partial charge in [0.1, 0.15) is 11.6 Å². The van der Waals surface area contributed by atoms with Gasteiger partial charge in [-0.15, -0.1) is 0 Å². The summed E-state index contributed by atoms with van der Waals surface area (Å²) < 4.78 is 31.0. The van der Waals surface area contributed by atoms with E-state index in [-0.39, 0.29) is 5.41 Å². The molecule has 0 radical (unpaired) electrons. The van der Waals surface area contributed by atoms with Crippen LogP contribution in [0.25, 0.3) is 0 Å². The fraction of sp³-hybridized carbons (Fsp3) is 0.500. The van der Waals surface area contributed by atoms with Gasteiger partial charge in [-0.1, -0.05) is 13.0 Å². The molecule has 0 aliphatic carbocycles. The van der Waals surface area contributed by atoms with Gasteiger partial charge in [0, 0.05) is 30.1 Å². The third-order valence-electron chi connectivity index (χ3n) is 2.78. The minimum Gasteiger partial charge on any atom is -0.380 e. The number of halogens is 2. The molecule has 2 rings (SSSR count). The molecule has 0 aromatic heterocycles. The molecule has 88 valence electrons. The van der Waals surface area contributed by atoms with Crippen LogP contribution in [0.2, 0.25) is 0 Å². The van der Waals surface area contributed by atoms with Crippen LogP contribution in [0.4, 0.5) is 8.78 Å². The molecule has 1 saturated heterocycles. The van der Waals surface area contributed by atoms with Gasteiger partial charge in [0.2, 0.25) is 0 Å². The van der Waals surface area contributed by atoms with Gasteiger partial charge in [0.25, 0.3) is 0 Å². The zero-order valence-corrected chi connectivity index (χ0v) is 9.22. The SMILES string of the molecule is CC1(CNCc2ccc(F)cc2F)COC1. The summed E-state index contributed by atoms with van der Waals surface area (Å²) in [6, 6.07) is 3.65. The van der Waals surface area contributed by atoms with Gasteiger partial charge in [0.15, 0.2) is 0 Å². The van der Waals surface area contributed by atoms with E-state index in [1.165, 1.54) is 12.1 Å². The summed E-state index contributed by atoms with van der Waals surface area (Å²) in [5, 5.41) is 3.16. The fourth-order valence-corrected chi connectivity index (χ4v) is 1.72. The Labute approximate surface area is 93.6 Å². The van der Waals surface area contributed by atoms with Gasteiger partial charge < -0.3 is 10.1 Å². The van der Waals surface area contributed by atoms with E-state index < -0.39 is 11.6 Å². The molecule has 4 heteroatoms. The predicted molar refractivity (Wildman–Crippen MR) is 57.0 cm³/mol. The van der Waals surface area contributed by atoms with Crippen molar-refractivity contribution in [2.24, 2.45) is 5.41 Å². The Morgan fingerprint density at radius 3 is 2.69 bits per heavy atom. The topological polar surface area (TPSA) is 21.3 Å². The van der Waals surface area contributed by atoms with Gasteiger partial charge >= 0.3 is 0 Å². The lowest BCUT2D eigenvalue weighted by Gasteiger charge is -2.38. The van der Waals surface area contributed by atoms with E-state index in [1.54, 1.807) is 0 Å². The molecule has 0 saturated carbocycles. The Balaban J connectivity index is 1.85. The molecule has 1 fully saturated rings. The van der Waals surface area contributed by atoms with E-state index in [0.717, 1.165) is 25.8 Å². The van der Waals surface area contributed by atoms with Crippen molar-refractivity contribution in [2.45, 2.75) is 13.5 Å². The van der Waals surface area contributed by atoms with E-state index in [9.17, 15) is 8.78 Å². The fourth-order valence-electron chi connectivity index (χ4n) is 1.72. The molecule has 1 N–H and O–H groups in total. The van der Waals surface area contributed by atoms with E-state index in [0.29, 0.717) is 12.1 Å². The van der Waals surface area contributed by atoms with Crippen LogP contribution in [-0.2, 0) is 11.3 Å². The lowest BCUT2D eigenvalue weighted by atomic mass is 9.89. The number of rotatable bonds is 4. The lowest BCUT2D eigenvalue weighted by Crippen LogP contribution is -2.47. The summed E-state index contributed by atoms with van der Waals surface area (Å²) in [7, 11) is 0. The molecule has 1 heterocycles. The van der Waals surface area contributed by atoms with Crippen LogP contribution in [0.5, 0.6) is 0 Å². The first-order valence-corrected chi connectivity index (χ1v) is 5.31. The Hall–Kier alpha value is -1.00.